The van der Waals surface area contributed by atoms with Gasteiger partial charge in [-0.2, -0.15) is 0 Å². The Hall–Kier alpha value is -0.626. The summed E-state index contributed by atoms with van der Waals surface area (Å²) in [5.41, 5.74) is 0. The van der Waals surface area contributed by atoms with E-state index in [1.807, 2.05) is 0 Å². The maximum atomic E-state index is 9.10. The van der Waals surface area contributed by atoms with Gasteiger partial charge in [-0.15, -0.1) is 0 Å². The van der Waals surface area contributed by atoms with Crippen molar-refractivity contribution in [2.24, 2.45) is 0 Å². The average molecular weight is 190 g/mol. The number of carbonyl (C=O) groups is 2. The molecule has 0 spiro atoms. The Kier molecular flexibility index (Phi) is 35.9. The van der Waals surface area contributed by atoms with Crippen LogP contribution in [-0.4, -0.2) is 33.1 Å². The Morgan fingerprint density at radius 3 is 1.00 bits per heavy atom. The molecule has 0 heterocycles. The summed E-state index contributed by atoms with van der Waals surface area (Å²) in [7, 11) is 0. The molecule has 0 bridgehead atoms. The summed E-state index contributed by atoms with van der Waals surface area (Å²) in [6.07, 6.45) is 0. The third-order valence-corrected chi connectivity index (χ3v) is 0.183. The number of aliphatic carboxylic acids is 2. The fourth-order valence-corrected chi connectivity index (χ4v) is 0. The van der Waals surface area contributed by atoms with E-state index in [1.54, 1.807) is 0 Å². The van der Waals surface area contributed by atoms with Gasteiger partial charge in [0.2, 0.25) is 0 Å². The van der Waals surface area contributed by atoms with Crippen molar-refractivity contribution in [3.8, 4) is 0 Å². The second-order valence-electron chi connectivity index (χ2n) is 0.610. The number of carboxylic acids is 2. The van der Waals surface area contributed by atoms with Crippen molar-refractivity contribution in [3.05, 3.63) is 0 Å². The summed E-state index contributed by atoms with van der Waals surface area (Å²) >= 11 is 0.750. The molecule has 0 aliphatic carbocycles. The molecule has 0 rings (SSSR count). The van der Waals surface area contributed by atoms with Crippen molar-refractivity contribution in [2.75, 3.05) is 0 Å². The van der Waals surface area contributed by atoms with Crippen LogP contribution in [0.2, 0.25) is 0 Å². The van der Waals surface area contributed by atoms with E-state index in [9.17, 15) is 0 Å². The van der Waals surface area contributed by atoms with Crippen molar-refractivity contribution >= 4 is 11.9 Å². The molecule has 0 aromatic carbocycles. The molecule has 0 saturated heterocycles. The summed E-state index contributed by atoms with van der Waals surface area (Å²) in [5, 5.41) is 14.8. The molecule has 0 aliphatic heterocycles. The Bertz CT molecular complexity index is 87.8. The van der Waals surface area contributed by atoms with Crippen LogP contribution < -0.4 is 0 Å². The summed E-state index contributed by atoms with van der Waals surface area (Å²) in [6.45, 7) is 0. The van der Waals surface area contributed by atoms with Crippen LogP contribution in [-0.2, 0) is 33.3 Å². The molecule has 6 N–H and O–H groups in total. The molecule has 0 aliphatic rings. The van der Waals surface area contributed by atoms with E-state index < -0.39 is 11.9 Å². The quantitative estimate of drug-likeness (QED) is 0.316. The van der Waals surface area contributed by atoms with Crippen LogP contribution in [0.5, 0.6) is 0 Å². The summed E-state index contributed by atoms with van der Waals surface area (Å²) in [5.74, 6) is -3.65. The number of rotatable bonds is 0. The molecule has 0 amide bonds. The first-order valence-corrected chi connectivity index (χ1v) is 1.95. The second-order valence-corrected chi connectivity index (χ2v) is 0.610. The van der Waals surface area contributed by atoms with Gasteiger partial charge in [-0.1, -0.05) is 0 Å². The number of hydrogen-bond donors (Lipinski definition) is 2. The minimum atomic E-state index is -1.82. The normalized spacial score (nSPS) is 4.70. The first-order chi connectivity index (χ1) is 3.64. The van der Waals surface area contributed by atoms with Crippen LogP contribution in [0.15, 0.2) is 0 Å². The molecule has 0 saturated carbocycles. The Morgan fingerprint density at radius 2 is 1.00 bits per heavy atom. The van der Waals surface area contributed by atoms with Gasteiger partial charge in [-0.05, 0) is 0 Å². The molecule has 0 aromatic heterocycles. The average Bonchev–Trinajstić information content (AvgIpc) is 1.72. The van der Waals surface area contributed by atoms with E-state index in [1.165, 1.54) is 0 Å². The molecule has 0 unspecified atom stereocenters. The topological polar surface area (TPSA) is 155 Å². The van der Waals surface area contributed by atoms with Crippen molar-refractivity contribution < 1.29 is 54.5 Å². The minimum absolute atomic E-state index is 0. The number of carboxylic acid groups (broad SMARTS) is 2. The third-order valence-electron chi connectivity index (χ3n) is 0.183. The van der Waals surface area contributed by atoms with Crippen LogP contribution in [0, 0.1) is 0 Å². The van der Waals surface area contributed by atoms with Gasteiger partial charge in [0.25, 0.3) is 0 Å². The molecule has 7 nitrogen and oxygen atoms in total. The summed E-state index contributed by atoms with van der Waals surface area (Å²) in [6, 6.07) is 0. The molecule has 0 radical (unpaired) electrons. The number of hydrogen-bond acceptors (Lipinski definition) is 3. The van der Waals surface area contributed by atoms with Gasteiger partial charge < -0.3 is 21.2 Å². The molecule has 8 heteroatoms. The molecule has 0 aromatic rings. The van der Waals surface area contributed by atoms with E-state index in [0.29, 0.717) is 0 Å². The SMILES string of the molecule is O.O.O=C(O)C(=O)O.[O]=[Ti]. The second kappa shape index (κ2) is 15.8. The van der Waals surface area contributed by atoms with Gasteiger partial charge in [0.05, 0.1) is 0 Å². The van der Waals surface area contributed by atoms with E-state index in [4.69, 9.17) is 23.1 Å². The standard InChI is InChI=1S/C2H2O4.2H2O.O.Ti/c3-1(4)2(5)6;;;;/h(H,3,4)(H,5,6);2*1H2;;. The van der Waals surface area contributed by atoms with Crippen molar-refractivity contribution in [1.29, 1.82) is 0 Å². The summed E-state index contributed by atoms with van der Waals surface area (Å²) in [4.78, 5) is 18.2. The Morgan fingerprint density at radius 1 is 0.900 bits per heavy atom. The van der Waals surface area contributed by atoms with Gasteiger partial charge >= 0.3 is 35.7 Å². The first kappa shape index (κ1) is 22.8. The van der Waals surface area contributed by atoms with Crippen molar-refractivity contribution in [2.45, 2.75) is 0 Å². The van der Waals surface area contributed by atoms with E-state index in [2.05, 4.69) is 0 Å². The molecular weight excluding hydrogens is 184 g/mol. The molecule has 0 fully saturated rings. The molecule has 0 atom stereocenters. The van der Waals surface area contributed by atoms with Crippen LogP contribution in [0.1, 0.15) is 0 Å². The van der Waals surface area contributed by atoms with Gasteiger partial charge in [-0.3, -0.25) is 0 Å². The summed E-state index contributed by atoms with van der Waals surface area (Å²) < 4.78 is 8.25. The maximum absolute atomic E-state index is 9.10. The van der Waals surface area contributed by atoms with E-state index in [0.717, 1.165) is 20.4 Å². The van der Waals surface area contributed by atoms with Crippen LogP contribution >= 0.6 is 0 Å². The first-order valence-electron chi connectivity index (χ1n) is 1.31. The fourth-order valence-electron chi connectivity index (χ4n) is 0. The van der Waals surface area contributed by atoms with Crippen LogP contribution in [0.3, 0.4) is 0 Å². The van der Waals surface area contributed by atoms with E-state index >= 15 is 0 Å². The molecule has 10 heavy (non-hydrogen) atoms. The fraction of sp³-hybridized carbons (Fsp3) is 0. The monoisotopic (exact) mass is 190 g/mol. The molecule has 60 valence electrons. The van der Waals surface area contributed by atoms with Crippen LogP contribution in [0.4, 0.5) is 0 Å². The predicted molar refractivity (Wildman–Crippen MR) is 23.2 cm³/mol. The van der Waals surface area contributed by atoms with Crippen molar-refractivity contribution in [1.82, 2.24) is 0 Å². The van der Waals surface area contributed by atoms with E-state index in [-0.39, 0.29) is 11.0 Å². The van der Waals surface area contributed by atoms with Gasteiger partial charge in [0, 0.05) is 0 Å². The Balaban J connectivity index is -0.0000000412. The zero-order valence-electron chi connectivity index (χ0n) is 4.62. The van der Waals surface area contributed by atoms with Crippen LogP contribution in [0.25, 0.3) is 0 Å². The zero-order chi connectivity index (χ0) is 7.15. The zero-order valence-corrected chi connectivity index (χ0v) is 6.18. The van der Waals surface area contributed by atoms with Crippen molar-refractivity contribution in [3.63, 3.8) is 0 Å². The van der Waals surface area contributed by atoms with Gasteiger partial charge in [0.15, 0.2) is 0 Å². The van der Waals surface area contributed by atoms with Gasteiger partial charge in [-0.25, -0.2) is 9.59 Å². The van der Waals surface area contributed by atoms with Gasteiger partial charge in [0.1, 0.15) is 0 Å². The molecular formula is C2H6O7Ti. The predicted octanol–water partition coefficient (Wildman–Crippen LogP) is -2.62. The Labute approximate surface area is 67.0 Å². The third kappa shape index (κ3) is 26.3.